The Kier molecular flexibility index (Phi) is 6.83. The number of phenolic OH excluding ortho intramolecular Hbond substituents is 1. The van der Waals surface area contributed by atoms with Crippen LogP contribution in [0.15, 0.2) is 55.1 Å². The molecular weight excluding hydrogens is 476 g/mol. The SMILES string of the molecule is CC(C)[Si](C(C)C)(C(C)C)n1cc(C(=O)c2c(F)ccc(O)c2F)c2cc(-c3cccnc3)cnc21. The molecule has 188 valence electrons. The van der Waals surface area contributed by atoms with Gasteiger partial charge in [0, 0.05) is 46.9 Å². The van der Waals surface area contributed by atoms with Crippen molar-refractivity contribution in [3.8, 4) is 16.9 Å². The van der Waals surface area contributed by atoms with Crippen LogP contribution in [0.1, 0.15) is 57.5 Å². The van der Waals surface area contributed by atoms with Gasteiger partial charge in [0.15, 0.2) is 19.8 Å². The summed E-state index contributed by atoms with van der Waals surface area (Å²) in [5, 5.41) is 10.4. The van der Waals surface area contributed by atoms with E-state index in [1.54, 1.807) is 24.8 Å². The molecule has 0 bridgehead atoms. The van der Waals surface area contributed by atoms with Crippen molar-refractivity contribution < 1.29 is 18.7 Å². The monoisotopic (exact) mass is 507 g/mol. The van der Waals surface area contributed by atoms with Gasteiger partial charge in [-0.15, -0.1) is 0 Å². The third kappa shape index (κ3) is 3.93. The number of fused-ring (bicyclic) bond motifs is 1. The first-order chi connectivity index (χ1) is 17.0. The van der Waals surface area contributed by atoms with Gasteiger partial charge in [-0.2, -0.15) is 0 Å². The summed E-state index contributed by atoms with van der Waals surface area (Å²) in [6.07, 6.45) is 6.86. The first-order valence-electron chi connectivity index (χ1n) is 12.1. The number of halogens is 2. The predicted molar refractivity (Wildman–Crippen MR) is 141 cm³/mol. The highest BCUT2D eigenvalue weighted by molar-refractivity contribution is 6.82. The van der Waals surface area contributed by atoms with Gasteiger partial charge in [-0.05, 0) is 40.9 Å². The molecule has 0 spiro atoms. The third-order valence-electron chi connectivity index (χ3n) is 7.37. The summed E-state index contributed by atoms with van der Waals surface area (Å²) in [6, 6.07) is 7.34. The van der Waals surface area contributed by atoms with Crippen molar-refractivity contribution in [1.29, 1.82) is 0 Å². The molecule has 1 aromatic carbocycles. The van der Waals surface area contributed by atoms with E-state index in [4.69, 9.17) is 4.98 Å². The molecule has 0 radical (unpaired) electrons. The van der Waals surface area contributed by atoms with E-state index in [0.29, 0.717) is 27.7 Å². The van der Waals surface area contributed by atoms with Crippen molar-refractivity contribution in [1.82, 2.24) is 14.2 Å². The molecular formula is C28H31F2N3O2Si. The number of rotatable bonds is 7. The molecule has 0 unspecified atom stereocenters. The first kappa shape index (κ1) is 25.7. The fourth-order valence-corrected chi connectivity index (χ4v) is 12.6. The molecule has 3 heterocycles. The van der Waals surface area contributed by atoms with Crippen LogP contribution in [0.5, 0.6) is 5.75 Å². The molecule has 0 amide bonds. The van der Waals surface area contributed by atoms with Gasteiger partial charge in [0.1, 0.15) is 11.5 Å². The van der Waals surface area contributed by atoms with Gasteiger partial charge in [0.2, 0.25) is 5.78 Å². The number of carbonyl (C=O) groups is 1. The molecule has 36 heavy (non-hydrogen) atoms. The molecule has 0 saturated heterocycles. The van der Waals surface area contributed by atoms with E-state index in [0.717, 1.165) is 23.3 Å². The van der Waals surface area contributed by atoms with Crippen molar-refractivity contribution in [2.45, 2.75) is 58.2 Å². The van der Waals surface area contributed by atoms with E-state index in [1.807, 2.05) is 18.2 Å². The molecule has 0 fully saturated rings. The molecule has 8 heteroatoms. The Bertz CT molecular complexity index is 1410. The van der Waals surface area contributed by atoms with Crippen LogP contribution in [0.25, 0.3) is 22.2 Å². The van der Waals surface area contributed by atoms with Crippen LogP contribution < -0.4 is 0 Å². The number of carbonyl (C=O) groups excluding carboxylic acids is 1. The Morgan fingerprint density at radius 2 is 1.64 bits per heavy atom. The summed E-state index contributed by atoms with van der Waals surface area (Å²) in [5.41, 5.74) is 2.45. The number of aromatic nitrogens is 3. The van der Waals surface area contributed by atoms with Crippen LogP contribution in [0.3, 0.4) is 0 Å². The van der Waals surface area contributed by atoms with Gasteiger partial charge in [0.05, 0.1) is 5.56 Å². The summed E-state index contributed by atoms with van der Waals surface area (Å²) < 4.78 is 31.7. The van der Waals surface area contributed by atoms with Crippen molar-refractivity contribution in [3.63, 3.8) is 0 Å². The fraction of sp³-hybridized carbons (Fsp3) is 0.321. The Morgan fingerprint density at radius 1 is 0.972 bits per heavy atom. The molecule has 0 saturated carbocycles. The quantitative estimate of drug-likeness (QED) is 0.210. The maximum Gasteiger partial charge on any atom is 0.201 e. The fourth-order valence-electron chi connectivity index (χ4n) is 5.99. The Morgan fingerprint density at radius 3 is 2.22 bits per heavy atom. The van der Waals surface area contributed by atoms with Crippen LogP contribution >= 0.6 is 0 Å². The number of ketones is 1. The highest BCUT2D eigenvalue weighted by Gasteiger charge is 2.46. The smallest absolute Gasteiger partial charge is 0.201 e. The second-order valence-corrected chi connectivity index (χ2v) is 15.9. The van der Waals surface area contributed by atoms with E-state index in [9.17, 15) is 18.7 Å². The van der Waals surface area contributed by atoms with Crippen molar-refractivity contribution in [2.75, 3.05) is 0 Å². The second-order valence-electron chi connectivity index (χ2n) is 10.2. The lowest BCUT2D eigenvalue weighted by Crippen LogP contribution is -2.51. The molecule has 4 rings (SSSR count). The van der Waals surface area contributed by atoms with Gasteiger partial charge in [-0.3, -0.25) is 9.78 Å². The number of phenols is 1. The lowest BCUT2D eigenvalue weighted by atomic mass is 10.0. The molecule has 1 N–H and O–H groups in total. The zero-order valence-corrected chi connectivity index (χ0v) is 22.4. The van der Waals surface area contributed by atoms with Crippen LogP contribution in [0.4, 0.5) is 8.78 Å². The summed E-state index contributed by atoms with van der Waals surface area (Å²) in [4.78, 5) is 22.7. The molecule has 0 aliphatic heterocycles. The minimum atomic E-state index is -2.38. The van der Waals surface area contributed by atoms with Crippen LogP contribution in [-0.2, 0) is 0 Å². The largest absolute Gasteiger partial charge is 0.505 e. The standard InChI is InChI=1S/C28H31F2N3O2Si/c1-16(2)36(17(3)4,18(5)6)33-15-22(27(35)25-23(29)9-10-24(34)26(25)30)21-12-20(14-32-28(21)33)19-8-7-11-31-13-19/h7-18,34H,1-6H3. The van der Waals surface area contributed by atoms with E-state index < -0.39 is 37.0 Å². The van der Waals surface area contributed by atoms with Gasteiger partial charge in [-0.1, -0.05) is 47.6 Å². The topological polar surface area (TPSA) is 68.0 Å². The van der Waals surface area contributed by atoms with E-state index in [2.05, 4.69) is 50.8 Å². The predicted octanol–water partition coefficient (Wildman–Crippen LogP) is 7.34. The van der Waals surface area contributed by atoms with E-state index >= 15 is 0 Å². The normalized spacial score (nSPS) is 12.3. The zero-order valence-electron chi connectivity index (χ0n) is 21.4. The van der Waals surface area contributed by atoms with Crippen molar-refractivity contribution in [3.05, 3.63) is 77.9 Å². The molecule has 5 nitrogen and oxygen atoms in total. The number of pyridine rings is 2. The van der Waals surface area contributed by atoms with Gasteiger partial charge < -0.3 is 9.34 Å². The summed E-state index contributed by atoms with van der Waals surface area (Å²) in [7, 11) is -2.38. The van der Waals surface area contributed by atoms with Crippen LogP contribution in [0.2, 0.25) is 16.6 Å². The molecule has 0 atom stereocenters. The van der Waals surface area contributed by atoms with Gasteiger partial charge in [-0.25, -0.2) is 13.8 Å². The average Bonchev–Trinajstić information content (AvgIpc) is 3.21. The highest BCUT2D eigenvalue weighted by atomic mass is 28.3. The molecule has 4 aromatic rings. The van der Waals surface area contributed by atoms with Gasteiger partial charge in [0.25, 0.3) is 0 Å². The summed E-state index contributed by atoms with van der Waals surface area (Å²) >= 11 is 0. The number of nitrogens with zero attached hydrogens (tertiary/aromatic N) is 3. The maximum absolute atomic E-state index is 14.8. The minimum Gasteiger partial charge on any atom is -0.505 e. The Balaban J connectivity index is 2.09. The number of benzene rings is 1. The second kappa shape index (κ2) is 9.58. The van der Waals surface area contributed by atoms with Crippen LogP contribution in [-0.4, -0.2) is 33.3 Å². The van der Waals surface area contributed by atoms with E-state index in [1.165, 1.54) is 0 Å². The first-order valence-corrected chi connectivity index (χ1v) is 14.3. The number of hydrogen-bond donors (Lipinski definition) is 1. The Labute approximate surface area is 210 Å². The molecule has 0 aliphatic carbocycles. The van der Waals surface area contributed by atoms with Gasteiger partial charge >= 0.3 is 0 Å². The van der Waals surface area contributed by atoms with Crippen molar-refractivity contribution >= 4 is 25.1 Å². The summed E-state index contributed by atoms with van der Waals surface area (Å²) in [6.45, 7) is 13.2. The summed E-state index contributed by atoms with van der Waals surface area (Å²) in [5.74, 6) is -3.88. The Hall–Kier alpha value is -3.39. The number of aromatic hydroxyl groups is 1. The number of hydrogen-bond acceptors (Lipinski definition) is 4. The molecule has 0 aliphatic rings. The maximum atomic E-state index is 14.8. The third-order valence-corrected chi connectivity index (χ3v) is 14.1. The minimum absolute atomic E-state index is 0.158. The lowest BCUT2D eigenvalue weighted by molar-refractivity contribution is 0.103. The molecule has 3 aromatic heterocycles. The van der Waals surface area contributed by atoms with Crippen LogP contribution in [0, 0.1) is 11.6 Å². The zero-order chi connectivity index (χ0) is 26.4. The average molecular weight is 508 g/mol. The highest BCUT2D eigenvalue weighted by Crippen LogP contribution is 2.45. The van der Waals surface area contributed by atoms with Crippen molar-refractivity contribution in [2.24, 2.45) is 0 Å². The lowest BCUT2D eigenvalue weighted by Gasteiger charge is -2.44. The van der Waals surface area contributed by atoms with E-state index in [-0.39, 0.29) is 5.56 Å².